The van der Waals surface area contributed by atoms with Crippen LogP contribution in [0.2, 0.25) is 0 Å². The van der Waals surface area contributed by atoms with E-state index in [0.29, 0.717) is 31.7 Å². The molecule has 98 valence electrons. The highest BCUT2D eigenvalue weighted by Crippen LogP contribution is 2.31. The first kappa shape index (κ1) is 15.9. The van der Waals surface area contributed by atoms with Crippen molar-refractivity contribution in [2.24, 2.45) is 11.8 Å². The molecule has 0 saturated carbocycles. The SMILES string of the molecule is CCC(C)C(C)(OCCOCCO)C(C)C. The van der Waals surface area contributed by atoms with Crippen molar-refractivity contribution in [2.45, 2.75) is 46.6 Å². The second kappa shape index (κ2) is 8.04. The van der Waals surface area contributed by atoms with Crippen LogP contribution in [-0.2, 0) is 9.47 Å². The van der Waals surface area contributed by atoms with E-state index >= 15 is 0 Å². The third-order valence-corrected chi connectivity index (χ3v) is 3.61. The second-order valence-electron chi connectivity index (χ2n) is 4.83. The molecule has 0 bridgehead atoms. The molecular weight excluding hydrogens is 204 g/mol. The van der Waals surface area contributed by atoms with Crippen molar-refractivity contribution in [1.29, 1.82) is 0 Å². The van der Waals surface area contributed by atoms with E-state index < -0.39 is 0 Å². The number of ether oxygens (including phenoxy) is 2. The zero-order chi connectivity index (χ0) is 12.6. The fourth-order valence-electron chi connectivity index (χ4n) is 1.77. The highest BCUT2D eigenvalue weighted by molar-refractivity contribution is 4.84. The summed E-state index contributed by atoms with van der Waals surface area (Å²) in [5.41, 5.74) is -0.0860. The summed E-state index contributed by atoms with van der Waals surface area (Å²) < 4.78 is 11.2. The molecule has 0 rings (SSSR count). The maximum atomic E-state index is 8.57. The molecule has 0 aromatic rings. The van der Waals surface area contributed by atoms with E-state index in [4.69, 9.17) is 14.6 Å². The van der Waals surface area contributed by atoms with Crippen LogP contribution in [0.4, 0.5) is 0 Å². The van der Waals surface area contributed by atoms with Crippen molar-refractivity contribution < 1.29 is 14.6 Å². The van der Waals surface area contributed by atoms with E-state index in [1.165, 1.54) is 0 Å². The van der Waals surface area contributed by atoms with Gasteiger partial charge in [0.2, 0.25) is 0 Å². The third-order valence-electron chi connectivity index (χ3n) is 3.61. The van der Waals surface area contributed by atoms with Crippen LogP contribution in [0.25, 0.3) is 0 Å². The molecule has 0 aromatic carbocycles. The Hall–Kier alpha value is -0.120. The van der Waals surface area contributed by atoms with Crippen LogP contribution < -0.4 is 0 Å². The Morgan fingerprint density at radius 2 is 1.75 bits per heavy atom. The summed E-state index contributed by atoms with van der Waals surface area (Å²) in [7, 11) is 0. The van der Waals surface area contributed by atoms with Crippen molar-refractivity contribution in [1.82, 2.24) is 0 Å². The van der Waals surface area contributed by atoms with Gasteiger partial charge in [-0.1, -0.05) is 34.1 Å². The smallest absolute Gasteiger partial charge is 0.0708 e. The predicted molar refractivity (Wildman–Crippen MR) is 66.6 cm³/mol. The topological polar surface area (TPSA) is 38.7 Å². The summed E-state index contributed by atoms with van der Waals surface area (Å²) in [6.07, 6.45) is 1.12. The second-order valence-corrected chi connectivity index (χ2v) is 4.83. The summed E-state index contributed by atoms with van der Waals surface area (Å²) in [6, 6.07) is 0. The van der Waals surface area contributed by atoms with Crippen molar-refractivity contribution in [3.63, 3.8) is 0 Å². The fraction of sp³-hybridized carbons (Fsp3) is 1.00. The van der Waals surface area contributed by atoms with E-state index in [2.05, 4.69) is 34.6 Å². The molecule has 3 nitrogen and oxygen atoms in total. The molecular formula is C13H28O3. The molecule has 0 aliphatic rings. The Kier molecular flexibility index (Phi) is 7.98. The summed E-state index contributed by atoms with van der Waals surface area (Å²) in [5, 5.41) is 8.57. The Balaban J connectivity index is 4.03. The first-order valence-electron chi connectivity index (χ1n) is 6.31. The van der Waals surface area contributed by atoms with Crippen LogP contribution in [-0.4, -0.2) is 37.1 Å². The third kappa shape index (κ3) is 4.81. The molecule has 2 unspecified atom stereocenters. The molecule has 0 fully saturated rings. The summed E-state index contributed by atoms with van der Waals surface area (Å²) >= 11 is 0. The normalized spacial score (nSPS) is 17.4. The van der Waals surface area contributed by atoms with E-state index in [0.717, 1.165) is 6.42 Å². The van der Waals surface area contributed by atoms with Gasteiger partial charge < -0.3 is 14.6 Å². The molecule has 0 aromatic heterocycles. The minimum absolute atomic E-state index is 0.0762. The Morgan fingerprint density at radius 3 is 2.19 bits per heavy atom. The number of hydrogen-bond donors (Lipinski definition) is 1. The molecule has 0 aliphatic heterocycles. The number of aliphatic hydroxyl groups is 1. The minimum atomic E-state index is -0.0860. The lowest BCUT2D eigenvalue weighted by Gasteiger charge is -2.39. The van der Waals surface area contributed by atoms with Gasteiger partial charge in [-0.15, -0.1) is 0 Å². The van der Waals surface area contributed by atoms with Crippen LogP contribution in [0.3, 0.4) is 0 Å². The molecule has 16 heavy (non-hydrogen) atoms. The van der Waals surface area contributed by atoms with E-state index in [-0.39, 0.29) is 12.2 Å². The quantitative estimate of drug-likeness (QED) is 0.621. The summed E-state index contributed by atoms with van der Waals surface area (Å²) in [6.45, 7) is 12.6. The van der Waals surface area contributed by atoms with Gasteiger partial charge in [0.05, 0.1) is 32.0 Å². The van der Waals surface area contributed by atoms with Crippen molar-refractivity contribution in [3.05, 3.63) is 0 Å². The molecule has 3 heteroatoms. The largest absolute Gasteiger partial charge is 0.394 e. The van der Waals surface area contributed by atoms with Gasteiger partial charge in [-0.3, -0.25) is 0 Å². The van der Waals surface area contributed by atoms with Crippen LogP contribution in [0.5, 0.6) is 0 Å². The van der Waals surface area contributed by atoms with Gasteiger partial charge in [-0.25, -0.2) is 0 Å². The van der Waals surface area contributed by atoms with Gasteiger partial charge in [0.1, 0.15) is 0 Å². The highest BCUT2D eigenvalue weighted by Gasteiger charge is 2.34. The van der Waals surface area contributed by atoms with Gasteiger partial charge in [0.15, 0.2) is 0 Å². The van der Waals surface area contributed by atoms with Crippen LogP contribution in [0, 0.1) is 11.8 Å². The lowest BCUT2D eigenvalue weighted by atomic mass is 9.79. The summed E-state index contributed by atoms with van der Waals surface area (Å²) in [4.78, 5) is 0. The maximum Gasteiger partial charge on any atom is 0.0708 e. The van der Waals surface area contributed by atoms with E-state index in [9.17, 15) is 0 Å². The molecule has 0 heterocycles. The molecule has 1 N–H and O–H groups in total. The number of hydrogen-bond acceptors (Lipinski definition) is 3. The maximum absolute atomic E-state index is 8.57. The minimum Gasteiger partial charge on any atom is -0.394 e. The van der Waals surface area contributed by atoms with Crippen molar-refractivity contribution >= 4 is 0 Å². The standard InChI is InChI=1S/C13H28O3/c1-6-12(4)13(5,11(2)3)16-10-9-15-8-7-14/h11-12,14H,6-10H2,1-5H3. The molecule has 0 spiro atoms. The number of rotatable bonds is 9. The van der Waals surface area contributed by atoms with Gasteiger partial charge >= 0.3 is 0 Å². The predicted octanol–water partition coefficient (Wildman–Crippen LogP) is 2.47. The lowest BCUT2D eigenvalue weighted by molar-refractivity contribution is -0.116. The molecule has 0 saturated heterocycles. The molecule has 2 atom stereocenters. The zero-order valence-electron chi connectivity index (χ0n) is 11.5. The Morgan fingerprint density at radius 1 is 1.12 bits per heavy atom. The highest BCUT2D eigenvalue weighted by atomic mass is 16.5. The first-order valence-corrected chi connectivity index (χ1v) is 6.31. The fourth-order valence-corrected chi connectivity index (χ4v) is 1.77. The van der Waals surface area contributed by atoms with Gasteiger partial charge in [0, 0.05) is 0 Å². The van der Waals surface area contributed by atoms with Crippen LogP contribution >= 0.6 is 0 Å². The van der Waals surface area contributed by atoms with Gasteiger partial charge in [-0.2, -0.15) is 0 Å². The Labute approximate surface area is 100 Å². The van der Waals surface area contributed by atoms with Crippen molar-refractivity contribution in [2.75, 3.05) is 26.4 Å². The first-order chi connectivity index (χ1) is 7.49. The van der Waals surface area contributed by atoms with Crippen molar-refractivity contribution in [3.8, 4) is 0 Å². The summed E-state index contributed by atoms with van der Waals surface area (Å²) in [5.74, 6) is 1.02. The lowest BCUT2D eigenvalue weighted by Crippen LogP contribution is -2.42. The monoisotopic (exact) mass is 232 g/mol. The number of aliphatic hydroxyl groups excluding tert-OH is 1. The van der Waals surface area contributed by atoms with E-state index in [1.54, 1.807) is 0 Å². The average Bonchev–Trinajstić information content (AvgIpc) is 2.27. The van der Waals surface area contributed by atoms with Gasteiger partial charge in [-0.05, 0) is 18.8 Å². The van der Waals surface area contributed by atoms with E-state index in [1.807, 2.05) is 0 Å². The molecule has 0 radical (unpaired) electrons. The molecule has 0 aliphatic carbocycles. The van der Waals surface area contributed by atoms with Crippen LogP contribution in [0.1, 0.15) is 41.0 Å². The Bertz CT molecular complexity index is 171. The molecule has 0 amide bonds. The van der Waals surface area contributed by atoms with Gasteiger partial charge in [0.25, 0.3) is 0 Å². The van der Waals surface area contributed by atoms with Crippen LogP contribution in [0.15, 0.2) is 0 Å². The average molecular weight is 232 g/mol. The zero-order valence-corrected chi connectivity index (χ0v) is 11.5.